The Morgan fingerprint density at radius 3 is 2.67 bits per heavy atom. The highest BCUT2D eigenvalue weighted by atomic mass is 32.2. The smallest absolute Gasteiger partial charge is 0.357 e. The highest BCUT2D eigenvalue weighted by molar-refractivity contribution is 7.89. The van der Waals surface area contributed by atoms with Crippen LogP contribution in [0.3, 0.4) is 0 Å². The van der Waals surface area contributed by atoms with Gasteiger partial charge in [0.2, 0.25) is 10.0 Å². The van der Waals surface area contributed by atoms with Crippen LogP contribution < -0.4 is 4.72 Å². The molecular weight excluding hydrogens is 294 g/mol. The summed E-state index contributed by atoms with van der Waals surface area (Å²) in [6.45, 7) is 1.83. The number of carbonyl (C=O) groups is 1. The molecule has 1 saturated carbocycles. The molecule has 0 saturated heterocycles. The van der Waals surface area contributed by atoms with Gasteiger partial charge in [-0.1, -0.05) is 32.1 Å². The van der Waals surface area contributed by atoms with Crippen LogP contribution in [0, 0.1) is 12.8 Å². The number of hydrogen-bond donors (Lipinski definition) is 3. The number of rotatable bonds is 6. The average molecular weight is 315 g/mol. The first kappa shape index (κ1) is 16.0. The second-order valence-electron chi connectivity index (χ2n) is 5.52. The minimum atomic E-state index is -3.85. The SMILES string of the molecule is Cc1[nH]nc(C(=O)O)c1S(=O)(=O)NCCC1CCCCC1. The molecule has 0 spiro atoms. The molecule has 21 heavy (non-hydrogen) atoms. The lowest BCUT2D eigenvalue weighted by molar-refractivity contribution is 0.0686. The number of aromatic carboxylic acids is 1. The van der Waals surface area contributed by atoms with E-state index in [1.165, 1.54) is 26.2 Å². The van der Waals surface area contributed by atoms with Crippen molar-refractivity contribution in [2.75, 3.05) is 6.54 Å². The fourth-order valence-electron chi connectivity index (χ4n) is 2.84. The summed E-state index contributed by atoms with van der Waals surface area (Å²) >= 11 is 0. The first-order valence-corrected chi connectivity index (χ1v) is 8.68. The summed E-state index contributed by atoms with van der Waals surface area (Å²) in [5, 5.41) is 14.9. The fraction of sp³-hybridized carbons (Fsp3) is 0.692. The van der Waals surface area contributed by atoms with E-state index in [0.717, 1.165) is 19.3 Å². The molecule has 0 unspecified atom stereocenters. The summed E-state index contributed by atoms with van der Waals surface area (Å²) in [5.41, 5.74) is -0.227. The van der Waals surface area contributed by atoms with E-state index < -0.39 is 21.7 Å². The van der Waals surface area contributed by atoms with Crippen molar-refractivity contribution in [2.45, 2.75) is 50.3 Å². The summed E-state index contributed by atoms with van der Waals surface area (Å²) in [5.74, 6) is -0.794. The monoisotopic (exact) mass is 315 g/mol. The van der Waals surface area contributed by atoms with Crippen LogP contribution in [-0.2, 0) is 10.0 Å². The van der Waals surface area contributed by atoms with E-state index in [9.17, 15) is 13.2 Å². The molecule has 0 aliphatic heterocycles. The largest absolute Gasteiger partial charge is 0.476 e. The minimum absolute atomic E-state index is 0.234. The molecule has 3 N–H and O–H groups in total. The number of aryl methyl sites for hydroxylation is 1. The molecule has 1 aromatic rings. The van der Waals surface area contributed by atoms with Crippen LogP contribution in [0.4, 0.5) is 0 Å². The molecule has 1 aliphatic carbocycles. The first-order valence-electron chi connectivity index (χ1n) is 7.19. The van der Waals surface area contributed by atoms with Gasteiger partial charge in [-0.15, -0.1) is 0 Å². The molecule has 1 aromatic heterocycles. The number of aromatic nitrogens is 2. The fourth-order valence-corrected chi connectivity index (χ4v) is 4.21. The van der Waals surface area contributed by atoms with E-state index in [4.69, 9.17) is 5.11 Å². The van der Waals surface area contributed by atoms with Crippen LogP contribution >= 0.6 is 0 Å². The van der Waals surface area contributed by atoms with Crippen molar-refractivity contribution >= 4 is 16.0 Å². The zero-order valence-electron chi connectivity index (χ0n) is 12.1. The lowest BCUT2D eigenvalue weighted by atomic mass is 9.87. The van der Waals surface area contributed by atoms with E-state index in [1.54, 1.807) is 0 Å². The van der Waals surface area contributed by atoms with Gasteiger partial charge in [-0.3, -0.25) is 5.10 Å². The summed E-state index contributed by atoms with van der Waals surface area (Å²) < 4.78 is 27.0. The van der Waals surface area contributed by atoms with Crippen LogP contribution in [0.15, 0.2) is 4.90 Å². The van der Waals surface area contributed by atoms with Crippen LogP contribution in [0.5, 0.6) is 0 Å². The molecular formula is C13H21N3O4S. The Labute approximate surface area is 124 Å². The quantitative estimate of drug-likeness (QED) is 0.739. The lowest BCUT2D eigenvalue weighted by Gasteiger charge is -2.21. The number of hydrogen-bond acceptors (Lipinski definition) is 4. The Hall–Kier alpha value is -1.41. The minimum Gasteiger partial charge on any atom is -0.476 e. The number of nitrogens with zero attached hydrogens (tertiary/aromatic N) is 1. The Morgan fingerprint density at radius 1 is 1.38 bits per heavy atom. The third-order valence-corrected chi connectivity index (χ3v) is 5.55. The van der Waals surface area contributed by atoms with Crippen LogP contribution in [0.1, 0.15) is 54.7 Å². The van der Waals surface area contributed by atoms with Gasteiger partial charge in [0, 0.05) is 6.54 Å². The van der Waals surface area contributed by atoms with Gasteiger partial charge >= 0.3 is 5.97 Å². The number of sulfonamides is 1. The topological polar surface area (TPSA) is 112 Å². The number of carboxylic acid groups (broad SMARTS) is 1. The number of carboxylic acids is 1. The predicted molar refractivity (Wildman–Crippen MR) is 76.7 cm³/mol. The Kier molecular flexibility index (Phi) is 5.00. The van der Waals surface area contributed by atoms with Gasteiger partial charge < -0.3 is 5.11 Å². The van der Waals surface area contributed by atoms with E-state index in [0.29, 0.717) is 12.5 Å². The maximum Gasteiger partial charge on any atom is 0.357 e. The van der Waals surface area contributed by atoms with E-state index in [-0.39, 0.29) is 10.6 Å². The maximum atomic E-state index is 12.2. The Morgan fingerprint density at radius 2 is 2.05 bits per heavy atom. The molecule has 118 valence electrons. The van der Waals surface area contributed by atoms with Gasteiger partial charge in [0.25, 0.3) is 0 Å². The van der Waals surface area contributed by atoms with E-state index in [2.05, 4.69) is 14.9 Å². The Balaban J connectivity index is 2.01. The molecule has 7 nitrogen and oxygen atoms in total. The van der Waals surface area contributed by atoms with Gasteiger partial charge in [-0.05, 0) is 19.3 Å². The van der Waals surface area contributed by atoms with E-state index >= 15 is 0 Å². The summed E-state index contributed by atoms with van der Waals surface area (Å²) in [4.78, 5) is 10.8. The molecule has 0 radical (unpaired) electrons. The third kappa shape index (κ3) is 3.82. The van der Waals surface area contributed by atoms with Crippen molar-refractivity contribution in [3.8, 4) is 0 Å². The van der Waals surface area contributed by atoms with Crippen molar-refractivity contribution in [1.29, 1.82) is 0 Å². The molecule has 1 aliphatic rings. The van der Waals surface area contributed by atoms with Gasteiger partial charge in [0.15, 0.2) is 5.69 Å². The average Bonchev–Trinajstić information content (AvgIpc) is 2.83. The molecule has 1 heterocycles. The molecule has 0 atom stereocenters. The highest BCUT2D eigenvalue weighted by Gasteiger charge is 2.28. The van der Waals surface area contributed by atoms with Crippen LogP contribution in [0.25, 0.3) is 0 Å². The highest BCUT2D eigenvalue weighted by Crippen LogP contribution is 2.26. The molecule has 2 rings (SSSR count). The van der Waals surface area contributed by atoms with Gasteiger partial charge in [-0.25, -0.2) is 17.9 Å². The zero-order chi connectivity index (χ0) is 15.5. The molecule has 1 fully saturated rings. The van der Waals surface area contributed by atoms with Crippen molar-refractivity contribution in [3.63, 3.8) is 0 Å². The Bertz CT molecular complexity index is 603. The summed E-state index contributed by atoms with van der Waals surface area (Å²) in [6, 6.07) is 0. The molecule has 0 aromatic carbocycles. The number of nitrogens with one attached hydrogen (secondary N) is 2. The van der Waals surface area contributed by atoms with Gasteiger partial charge in [0.1, 0.15) is 4.90 Å². The predicted octanol–water partition coefficient (Wildman–Crippen LogP) is 1.67. The van der Waals surface area contributed by atoms with Crippen molar-refractivity contribution in [3.05, 3.63) is 11.4 Å². The van der Waals surface area contributed by atoms with Gasteiger partial charge in [-0.2, -0.15) is 5.10 Å². The zero-order valence-corrected chi connectivity index (χ0v) is 12.9. The first-order chi connectivity index (χ1) is 9.92. The van der Waals surface area contributed by atoms with Crippen molar-refractivity contribution in [2.24, 2.45) is 5.92 Å². The third-order valence-electron chi connectivity index (χ3n) is 3.93. The van der Waals surface area contributed by atoms with Crippen LogP contribution in [-0.4, -0.2) is 36.2 Å². The second kappa shape index (κ2) is 6.57. The number of H-pyrrole nitrogens is 1. The van der Waals surface area contributed by atoms with Crippen LogP contribution in [0.2, 0.25) is 0 Å². The normalized spacial score (nSPS) is 17.0. The van der Waals surface area contributed by atoms with E-state index in [1.807, 2.05) is 0 Å². The number of aromatic amines is 1. The molecule has 8 heteroatoms. The van der Waals surface area contributed by atoms with Crippen molar-refractivity contribution in [1.82, 2.24) is 14.9 Å². The molecule has 0 bridgehead atoms. The second-order valence-corrected chi connectivity index (χ2v) is 7.23. The summed E-state index contributed by atoms with van der Waals surface area (Å²) in [7, 11) is -3.85. The summed E-state index contributed by atoms with van der Waals surface area (Å²) in [6.07, 6.45) is 6.76. The standard InChI is InChI=1S/C13H21N3O4S/c1-9-12(11(13(17)18)16-15-9)21(19,20)14-8-7-10-5-3-2-4-6-10/h10,14H,2-8H2,1H3,(H,15,16)(H,17,18). The molecule has 0 amide bonds. The van der Waals surface area contributed by atoms with Gasteiger partial charge in [0.05, 0.1) is 5.69 Å². The van der Waals surface area contributed by atoms with Crippen molar-refractivity contribution < 1.29 is 18.3 Å². The maximum absolute atomic E-state index is 12.2. The lowest BCUT2D eigenvalue weighted by Crippen LogP contribution is -2.28.